The molecule has 0 spiro atoms. The Hall–Kier alpha value is -2.94. The summed E-state index contributed by atoms with van der Waals surface area (Å²) < 4.78 is 0. The van der Waals surface area contributed by atoms with Gasteiger partial charge in [-0.15, -0.1) is 0 Å². The number of pyridine rings is 1. The van der Waals surface area contributed by atoms with Gasteiger partial charge >= 0.3 is 5.97 Å². The Morgan fingerprint density at radius 3 is 1.85 bits per heavy atom. The third kappa shape index (κ3) is 8.49. The third-order valence-electron chi connectivity index (χ3n) is 6.22. The smallest absolute Gasteiger partial charge is 0.303 e. The Balaban J connectivity index is 1.47. The topological polar surface area (TPSA) is 50.2 Å². The fourth-order valence-electron chi connectivity index (χ4n) is 4.16. The highest BCUT2D eigenvalue weighted by Gasteiger charge is 2.03. The molecule has 0 aliphatic carbocycles. The largest absolute Gasteiger partial charge is 0.481 e. The molecule has 1 N–H and O–H groups in total. The van der Waals surface area contributed by atoms with Gasteiger partial charge in [0.1, 0.15) is 0 Å². The van der Waals surface area contributed by atoms with Crippen LogP contribution in [-0.2, 0) is 17.6 Å². The highest BCUT2D eigenvalue weighted by atomic mass is 16.4. The molecule has 0 fully saturated rings. The number of carbonyl (C=O) groups is 1. The zero-order valence-electron chi connectivity index (χ0n) is 19.9. The summed E-state index contributed by atoms with van der Waals surface area (Å²) in [5.41, 5.74) is 7.32. The van der Waals surface area contributed by atoms with Crippen LogP contribution in [0.4, 0.5) is 0 Å². The van der Waals surface area contributed by atoms with E-state index in [9.17, 15) is 4.79 Å². The van der Waals surface area contributed by atoms with Crippen molar-refractivity contribution in [2.75, 3.05) is 0 Å². The molecule has 1 aromatic heterocycles. The zero-order valence-corrected chi connectivity index (χ0v) is 19.9. The van der Waals surface area contributed by atoms with Crippen LogP contribution in [-0.4, -0.2) is 16.1 Å². The van der Waals surface area contributed by atoms with Crippen LogP contribution in [0.25, 0.3) is 22.4 Å². The number of rotatable bonds is 14. The minimum absolute atomic E-state index is 0.296. The summed E-state index contributed by atoms with van der Waals surface area (Å²) >= 11 is 0. The van der Waals surface area contributed by atoms with Crippen molar-refractivity contribution < 1.29 is 9.90 Å². The number of aromatic nitrogens is 1. The number of carboxylic acids is 1. The lowest BCUT2D eigenvalue weighted by Gasteiger charge is -2.07. The molecule has 0 aliphatic rings. The van der Waals surface area contributed by atoms with E-state index in [0.717, 1.165) is 56.2 Å². The number of aryl methyl sites for hydroxylation is 2. The lowest BCUT2D eigenvalue weighted by Crippen LogP contribution is -1.93. The van der Waals surface area contributed by atoms with Gasteiger partial charge in [0.25, 0.3) is 0 Å². The molecule has 0 saturated carbocycles. The molecular weight excluding hydrogens is 406 g/mol. The minimum atomic E-state index is -0.687. The summed E-state index contributed by atoms with van der Waals surface area (Å²) in [4.78, 5) is 15.2. The van der Waals surface area contributed by atoms with Gasteiger partial charge in [-0.3, -0.25) is 9.78 Å². The van der Waals surface area contributed by atoms with Crippen molar-refractivity contribution in [1.29, 1.82) is 0 Å². The Kier molecular flexibility index (Phi) is 10.2. The average Bonchev–Trinajstić information content (AvgIpc) is 2.84. The number of aliphatic carboxylic acids is 1. The fraction of sp³-hybridized carbons (Fsp3) is 0.400. The van der Waals surface area contributed by atoms with E-state index in [0.29, 0.717) is 6.42 Å². The van der Waals surface area contributed by atoms with Crippen molar-refractivity contribution in [3.05, 3.63) is 78.0 Å². The number of hydrogen-bond acceptors (Lipinski definition) is 2. The molecule has 0 bridgehead atoms. The van der Waals surface area contributed by atoms with Crippen LogP contribution in [0.1, 0.15) is 75.8 Å². The van der Waals surface area contributed by atoms with Crippen LogP contribution < -0.4 is 0 Å². The quantitative estimate of drug-likeness (QED) is 0.256. The van der Waals surface area contributed by atoms with E-state index in [4.69, 9.17) is 5.11 Å². The van der Waals surface area contributed by atoms with E-state index in [-0.39, 0.29) is 0 Å². The first-order chi connectivity index (χ1) is 16.2. The molecule has 0 unspecified atom stereocenters. The van der Waals surface area contributed by atoms with Gasteiger partial charge in [-0.1, -0.05) is 93.6 Å². The summed E-state index contributed by atoms with van der Waals surface area (Å²) in [6.07, 6.45) is 13.5. The Labute approximate surface area is 198 Å². The van der Waals surface area contributed by atoms with Gasteiger partial charge in [0.15, 0.2) is 0 Å². The molecule has 3 heteroatoms. The molecule has 3 nitrogen and oxygen atoms in total. The molecule has 3 rings (SSSR count). The molecule has 0 saturated heterocycles. The third-order valence-corrected chi connectivity index (χ3v) is 6.22. The molecule has 1 heterocycles. The summed E-state index contributed by atoms with van der Waals surface area (Å²) in [5, 5.41) is 8.67. The van der Waals surface area contributed by atoms with Crippen LogP contribution >= 0.6 is 0 Å². The molecular formula is C30H37NO2. The van der Waals surface area contributed by atoms with Crippen molar-refractivity contribution in [1.82, 2.24) is 4.98 Å². The first kappa shape index (κ1) is 24.7. The molecule has 33 heavy (non-hydrogen) atoms. The fourth-order valence-corrected chi connectivity index (χ4v) is 4.16. The van der Waals surface area contributed by atoms with Crippen LogP contribution in [0.2, 0.25) is 0 Å². The van der Waals surface area contributed by atoms with Crippen molar-refractivity contribution in [2.24, 2.45) is 0 Å². The normalized spacial score (nSPS) is 10.9. The van der Waals surface area contributed by atoms with Crippen molar-refractivity contribution in [2.45, 2.75) is 77.6 Å². The summed E-state index contributed by atoms with van der Waals surface area (Å²) in [6.45, 7) is 2.23. The van der Waals surface area contributed by atoms with Crippen LogP contribution in [0.3, 0.4) is 0 Å². The zero-order chi connectivity index (χ0) is 23.3. The van der Waals surface area contributed by atoms with Crippen molar-refractivity contribution in [3.63, 3.8) is 0 Å². The monoisotopic (exact) mass is 443 g/mol. The van der Waals surface area contributed by atoms with Gasteiger partial charge in [-0.05, 0) is 60.4 Å². The molecule has 174 valence electrons. The van der Waals surface area contributed by atoms with Gasteiger partial charge in [0.05, 0.1) is 5.69 Å². The highest BCUT2D eigenvalue weighted by molar-refractivity contribution is 5.69. The molecule has 3 aromatic rings. The van der Waals surface area contributed by atoms with E-state index in [1.165, 1.54) is 41.5 Å². The second-order valence-electron chi connectivity index (χ2n) is 8.94. The van der Waals surface area contributed by atoms with E-state index < -0.39 is 5.97 Å². The van der Waals surface area contributed by atoms with Crippen LogP contribution in [0, 0.1) is 0 Å². The SMILES string of the molecule is CCCCCc1ccc(-c2ccc(-c3ccc(CCCCCCCC(=O)O)cc3)cc2)nc1. The Morgan fingerprint density at radius 2 is 1.21 bits per heavy atom. The van der Waals surface area contributed by atoms with Crippen LogP contribution in [0.15, 0.2) is 66.9 Å². The lowest BCUT2D eigenvalue weighted by atomic mass is 9.99. The second-order valence-corrected chi connectivity index (χ2v) is 8.94. The molecule has 0 atom stereocenters. The van der Waals surface area contributed by atoms with E-state index >= 15 is 0 Å². The van der Waals surface area contributed by atoms with Crippen molar-refractivity contribution in [3.8, 4) is 22.4 Å². The lowest BCUT2D eigenvalue weighted by molar-refractivity contribution is -0.137. The molecule has 0 amide bonds. The number of nitrogens with zero attached hydrogens (tertiary/aromatic N) is 1. The van der Waals surface area contributed by atoms with Crippen LogP contribution in [0.5, 0.6) is 0 Å². The van der Waals surface area contributed by atoms with E-state index in [1.54, 1.807) is 0 Å². The predicted molar refractivity (Wildman–Crippen MR) is 137 cm³/mol. The molecule has 0 aliphatic heterocycles. The van der Waals surface area contributed by atoms with Gasteiger partial charge in [-0.2, -0.15) is 0 Å². The Morgan fingerprint density at radius 1 is 0.667 bits per heavy atom. The van der Waals surface area contributed by atoms with E-state index in [1.807, 2.05) is 6.20 Å². The maximum atomic E-state index is 10.5. The minimum Gasteiger partial charge on any atom is -0.481 e. The summed E-state index contributed by atoms with van der Waals surface area (Å²) in [7, 11) is 0. The predicted octanol–water partition coefficient (Wildman–Crippen LogP) is 8.12. The van der Waals surface area contributed by atoms with Crippen molar-refractivity contribution >= 4 is 5.97 Å². The van der Waals surface area contributed by atoms with Gasteiger partial charge in [0, 0.05) is 18.2 Å². The molecule has 0 radical (unpaired) electrons. The molecule has 2 aromatic carbocycles. The average molecular weight is 444 g/mol. The highest BCUT2D eigenvalue weighted by Crippen LogP contribution is 2.25. The maximum absolute atomic E-state index is 10.5. The van der Waals surface area contributed by atoms with Gasteiger partial charge < -0.3 is 5.11 Å². The first-order valence-electron chi connectivity index (χ1n) is 12.5. The number of unbranched alkanes of at least 4 members (excludes halogenated alkanes) is 6. The van der Waals surface area contributed by atoms with Gasteiger partial charge in [0.2, 0.25) is 0 Å². The van der Waals surface area contributed by atoms with Gasteiger partial charge in [-0.25, -0.2) is 0 Å². The number of carboxylic acid groups (broad SMARTS) is 1. The Bertz CT molecular complexity index is 960. The van der Waals surface area contributed by atoms with E-state index in [2.05, 4.69) is 72.6 Å². The number of hydrogen-bond donors (Lipinski definition) is 1. The second kappa shape index (κ2) is 13.6. The number of benzene rings is 2. The first-order valence-corrected chi connectivity index (χ1v) is 12.5. The maximum Gasteiger partial charge on any atom is 0.303 e. The summed E-state index contributed by atoms with van der Waals surface area (Å²) in [5.74, 6) is -0.687. The summed E-state index contributed by atoms with van der Waals surface area (Å²) in [6, 6.07) is 21.9. The standard InChI is InChI=1S/C30H37NO2/c1-2-3-7-11-25-15-22-29(31-23-25)28-20-18-27(19-21-28)26-16-13-24(14-17-26)10-8-5-4-6-9-12-30(32)33/h13-23H,2-12H2,1H3,(H,32,33).